The molecule has 0 saturated carbocycles. The summed E-state index contributed by atoms with van der Waals surface area (Å²) in [5.74, 6) is -0.0791. The first-order chi connectivity index (χ1) is 8.56. The molecule has 2 heterocycles. The predicted octanol–water partition coefficient (Wildman–Crippen LogP) is 3.45. The third-order valence-corrected chi connectivity index (χ3v) is 4.15. The lowest BCUT2D eigenvalue weighted by molar-refractivity contribution is 0.0950. The molecule has 18 heavy (non-hydrogen) atoms. The molecule has 0 bridgehead atoms. The Labute approximate surface area is 118 Å². The zero-order valence-corrected chi connectivity index (χ0v) is 12.6. The number of carbonyl (C=O) groups is 1. The average Bonchev–Trinajstić information content (AvgIpc) is 2.72. The van der Waals surface area contributed by atoms with Gasteiger partial charge in [0.2, 0.25) is 0 Å². The SMILES string of the molecule is Cc1ccc(C(=O)NCc2ccc(Br)s2)c(C)n1. The Balaban J connectivity index is 2.03. The molecule has 0 atom stereocenters. The van der Waals surface area contributed by atoms with Crippen molar-refractivity contribution in [3.63, 3.8) is 0 Å². The van der Waals surface area contributed by atoms with Crippen molar-refractivity contribution in [2.75, 3.05) is 0 Å². The highest BCUT2D eigenvalue weighted by molar-refractivity contribution is 9.11. The number of hydrogen-bond donors (Lipinski definition) is 1. The minimum atomic E-state index is -0.0791. The number of pyridine rings is 1. The third kappa shape index (κ3) is 3.17. The predicted molar refractivity (Wildman–Crippen MR) is 76.9 cm³/mol. The van der Waals surface area contributed by atoms with Crippen LogP contribution in [0.5, 0.6) is 0 Å². The molecule has 2 rings (SSSR count). The van der Waals surface area contributed by atoms with E-state index in [4.69, 9.17) is 0 Å². The van der Waals surface area contributed by atoms with Crippen LogP contribution in [0.4, 0.5) is 0 Å². The molecule has 0 saturated heterocycles. The minimum absolute atomic E-state index is 0.0791. The fourth-order valence-electron chi connectivity index (χ4n) is 1.64. The van der Waals surface area contributed by atoms with Gasteiger partial charge >= 0.3 is 0 Å². The molecule has 0 aliphatic heterocycles. The van der Waals surface area contributed by atoms with Crippen LogP contribution in [0.3, 0.4) is 0 Å². The maximum Gasteiger partial charge on any atom is 0.253 e. The van der Waals surface area contributed by atoms with Crippen LogP contribution in [-0.2, 0) is 6.54 Å². The van der Waals surface area contributed by atoms with Crippen molar-refractivity contribution < 1.29 is 4.79 Å². The number of nitrogens with zero attached hydrogens (tertiary/aromatic N) is 1. The summed E-state index contributed by atoms with van der Waals surface area (Å²) in [4.78, 5) is 17.4. The number of carbonyl (C=O) groups excluding carboxylic acids is 1. The van der Waals surface area contributed by atoms with E-state index in [9.17, 15) is 4.79 Å². The molecular weight excluding hydrogens is 312 g/mol. The molecule has 2 aromatic rings. The number of halogens is 1. The van der Waals surface area contributed by atoms with E-state index in [-0.39, 0.29) is 5.91 Å². The van der Waals surface area contributed by atoms with Crippen LogP contribution in [0.1, 0.15) is 26.6 Å². The molecule has 94 valence electrons. The fourth-order valence-corrected chi connectivity index (χ4v) is 3.06. The molecule has 5 heteroatoms. The fraction of sp³-hybridized carbons (Fsp3) is 0.231. The van der Waals surface area contributed by atoms with Crippen LogP contribution >= 0.6 is 27.3 Å². The van der Waals surface area contributed by atoms with Crippen molar-refractivity contribution in [3.8, 4) is 0 Å². The quantitative estimate of drug-likeness (QED) is 0.939. The van der Waals surface area contributed by atoms with E-state index in [0.717, 1.165) is 20.1 Å². The monoisotopic (exact) mass is 324 g/mol. The Kier molecular flexibility index (Phi) is 4.14. The normalized spacial score (nSPS) is 10.4. The van der Waals surface area contributed by atoms with Crippen molar-refractivity contribution in [2.24, 2.45) is 0 Å². The van der Waals surface area contributed by atoms with Gasteiger partial charge in [-0.2, -0.15) is 0 Å². The van der Waals surface area contributed by atoms with Gasteiger partial charge in [-0.3, -0.25) is 9.78 Å². The molecule has 0 radical (unpaired) electrons. The first-order valence-electron chi connectivity index (χ1n) is 5.53. The van der Waals surface area contributed by atoms with E-state index in [1.165, 1.54) is 0 Å². The second-order valence-corrected chi connectivity index (χ2v) is 6.52. The third-order valence-electron chi connectivity index (χ3n) is 2.52. The molecule has 1 N–H and O–H groups in total. The molecule has 2 aromatic heterocycles. The molecule has 0 spiro atoms. The zero-order valence-electron chi connectivity index (χ0n) is 10.2. The smallest absolute Gasteiger partial charge is 0.253 e. The van der Waals surface area contributed by atoms with Crippen LogP contribution < -0.4 is 5.32 Å². The number of rotatable bonds is 3. The van der Waals surface area contributed by atoms with Crippen molar-refractivity contribution in [2.45, 2.75) is 20.4 Å². The Morgan fingerprint density at radius 2 is 2.11 bits per heavy atom. The van der Waals surface area contributed by atoms with E-state index in [0.29, 0.717) is 12.1 Å². The summed E-state index contributed by atoms with van der Waals surface area (Å²) in [6, 6.07) is 7.64. The van der Waals surface area contributed by atoms with Crippen molar-refractivity contribution >= 4 is 33.2 Å². The molecular formula is C13H13BrN2OS. The number of hydrogen-bond acceptors (Lipinski definition) is 3. The van der Waals surface area contributed by atoms with Crippen LogP contribution in [0, 0.1) is 13.8 Å². The standard InChI is InChI=1S/C13H13BrN2OS/c1-8-3-5-11(9(2)16-8)13(17)15-7-10-4-6-12(14)18-10/h3-6H,7H2,1-2H3,(H,15,17). The lowest BCUT2D eigenvalue weighted by atomic mass is 10.1. The minimum Gasteiger partial charge on any atom is -0.347 e. The Morgan fingerprint density at radius 1 is 1.33 bits per heavy atom. The number of aromatic nitrogens is 1. The van der Waals surface area contributed by atoms with Gasteiger partial charge in [0.05, 0.1) is 21.6 Å². The number of thiophene rings is 1. The largest absolute Gasteiger partial charge is 0.347 e. The van der Waals surface area contributed by atoms with E-state index in [1.54, 1.807) is 11.3 Å². The molecule has 0 unspecified atom stereocenters. The van der Waals surface area contributed by atoms with Crippen molar-refractivity contribution in [1.82, 2.24) is 10.3 Å². The summed E-state index contributed by atoms with van der Waals surface area (Å²) < 4.78 is 1.07. The summed E-state index contributed by atoms with van der Waals surface area (Å²) in [6.45, 7) is 4.31. The molecule has 0 aliphatic carbocycles. The second kappa shape index (κ2) is 5.63. The average molecular weight is 325 g/mol. The van der Waals surface area contributed by atoms with E-state index in [1.807, 2.05) is 38.1 Å². The molecule has 3 nitrogen and oxygen atoms in total. The van der Waals surface area contributed by atoms with Gasteiger partial charge in [0.25, 0.3) is 5.91 Å². The summed E-state index contributed by atoms with van der Waals surface area (Å²) in [5, 5.41) is 2.90. The lowest BCUT2D eigenvalue weighted by Gasteiger charge is -2.06. The summed E-state index contributed by atoms with van der Waals surface area (Å²) in [7, 11) is 0. The van der Waals surface area contributed by atoms with Gasteiger partial charge in [0.15, 0.2) is 0 Å². The maximum absolute atomic E-state index is 12.0. The van der Waals surface area contributed by atoms with Gasteiger partial charge in [0.1, 0.15) is 0 Å². The van der Waals surface area contributed by atoms with Crippen LogP contribution in [0.15, 0.2) is 28.1 Å². The van der Waals surface area contributed by atoms with Gasteiger partial charge in [-0.15, -0.1) is 11.3 Å². The lowest BCUT2D eigenvalue weighted by Crippen LogP contribution is -2.23. The van der Waals surface area contributed by atoms with Gasteiger partial charge in [-0.1, -0.05) is 0 Å². The van der Waals surface area contributed by atoms with E-state index in [2.05, 4.69) is 26.2 Å². The number of nitrogens with one attached hydrogen (secondary N) is 1. The highest BCUT2D eigenvalue weighted by atomic mass is 79.9. The second-order valence-electron chi connectivity index (χ2n) is 3.97. The van der Waals surface area contributed by atoms with Crippen LogP contribution in [0.25, 0.3) is 0 Å². The first kappa shape index (κ1) is 13.2. The number of amides is 1. The van der Waals surface area contributed by atoms with E-state index < -0.39 is 0 Å². The van der Waals surface area contributed by atoms with Gasteiger partial charge in [0, 0.05) is 10.6 Å². The summed E-state index contributed by atoms with van der Waals surface area (Å²) in [5.41, 5.74) is 2.32. The first-order valence-corrected chi connectivity index (χ1v) is 7.14. The molecule has 0 aliphatic rings. The Hall–Kier alpha value is -1.20. The van der Waals surface area contributed by atoms with Gasteiger partial charge in [-0.05, 0) is 54.0 Å². The van der Waals surface area contributed by atoms with Crippen molar-refractivity contribution in [3.05, 3.63) is 49.9 Å². The summed E-state index contributed by atoms with van der Waals surface area (Å²) in [6.07, 6.45) is 0. The molecule has 0 fully saturated rings. The summed E-state index contributed by atoms with van der Waals surface area (Å²) >= 11 is 5.02. The van der Waals surface area contributed by atoms with Crippen LogP contribution in [-0.4, -0.2) is 10.9 Å². The zero-order chi connectivity index (χ0) is 13.1. The van der Waals surface area contributed by atoms with Gasteiger partial charge in [-0.25, -0.2) is 0 Å². The topological polar surface area (TPSA) is 42.0 Å². The Bertz CT molecular complexity index is 580. The van der Waals surface area contributed by atoms with E-state index >= 15 is 0 Å². The molecule has 0 aromatic carbocycles. The Morgan fingerprint density at radius 3 is 2.72 bits per heavy atom. The number of aryl methyl sites for hydroxylation is 2. The molecule has 1 amide bonds. The van der Waals surface area contributed by atoms with Crippen molar-refractivity contribution in [1.29, 1.82) is 0 Å². The highest BCUT2D eigenvalue weighted by Gasteiger charge is 2.10. The van der Waals surface area contributed by atoms with Crippen LogP contribution in [0.2, 0.25) is 0 Å². The highest BCUT2D eigenvalue weighted by Crippen LogP contribution is 2.21. The maximum atomic E-state index is 12.0. The van der Waals surface area contributed by atoms with Gasteiger partial charge < -0.3 is 5.32 Å².